The molecule has 0 aromatic heterocycles. The number of halogens is 1. The maximum Gasteiger partial charge on any atom is 1.00 e. The molecule has 1 aromatic carbocycles. The summed E-state index contributed by atoms with van der Waals surface area (Å²) in [6, 6.07) is 6.92. The van der Waals surface area contributed by atoms with Crippen LogP contribution in [0.5, 0.6) is 0 Å². The topological polar surface area (TPSA) is 69.2 Å². The smallest absolute Gasteiger partial charge is 0.548 e. The molecule has 6 heteroatoms. The van der Waals surface area contributed by atoms with Gasteiger partial charge in [0.1, 0.15) is 0 Å². The van der Waals surface area contributed by atoms with Crippen molar-refractivity contribution in [3.05, 3.63) is 33.4 Å². The Balaban J connectivity index is 0.00000196. The first-order valence-corrected chi connectivity index (χ1v) is 4.91. The number of carbonyl (C=O) groups is 2. The van der Waals surface area contributed by atoms with E-state index in [-0.39, 0.29) is 29.6 Å². The minimum atomic E-state index is -1.30. The van der Waals surface area contributed by atoms with Crippen LogP contribution in [0.2, 0.25) is 0 Å². The third-order valence-electron chi connectivity index (χ3n) is 1.51. The number of hydrogen-bond acceptors (Lipinski definition) is 3. The average molecular weight is 323 g/mol. The molecule has 0 saturated carbocycles. The predicted octanol–water partition coefficient (Wildman–Crippen LogP) is -3.23. The third kappa shape index (κ3) is 4.96. The summed E-state index contributed by atoms with van der Waals surface area (Å²) in [7, 11) is 0. The number of rotatable bonds is 3. The number of nitrogens with one attached hydrogen (secondary N) is 1. The molecule has 0 radical (unpaired) electrons. The summed E-state index contributed by atoms with van der Waals surface area (Å²) in [5, 5.41) is 12.3. The van der Waals surface area contributed by atoms with Gasteiger partial charge in [0, 0.05) is 3.57 Å². The second kappa shape index (κ2) is 7.21. The molecule has 1 aromatic rings. The van der Waals surface area contributed by atoms with Crippen molar-refractivity contribution in [2.24, 2.45) is 0 Å². The maximum absolute atomic E-state index is 11.4. The Kier molecular flexibility index (Phi) is 7.16. The standard InChI is InChI=1S/C9H8INO3.Na/c10-7-4-2-1-3-6(7)9(14)11-5-8(12)13;/h1-4H,5H2,(H,11,14)(H,12,13);/q;+1/p-1/i10-4;. The number of carbonyl (C=O) groups excluding carboxylic acids is 2. The van der Waals surface area contributed by atoms with Crippen molar-refractivity contribution in [3.63, 3.8) is 0 Å². The fourth-order valence-corrected chi connectivity index (χ4v) is 1.53. The molecule has 0 unspecified atom stereocenters. The zero-order valence-electron chi connectivity index (χ0n) is 8.12. The number of amides is 1. The van der Waals surface area contributed by atoms with Crippen molar-refractivity contribution in [2.45, 2.75) is 0 Å². The molecule has 1 amide bonds. The fourth-order valence-electron chi connectivity index (χ4n) is 0.893. The molecule has 74 valence electrons. The number of hydrogen-bond donors (Lipinski definition) is 1. The van der Waals surface area contributed by atoms with E-state index in [0.717, 1.165) is 3.57 Å². The van der Waals surface area contributed by atoms with Crippen LogP contribution in [0.1, 0.15) is 10.4 Å². The molecule has 0 aliphatic heterocycles. The van der Waals surface area contributed by atoms with E-state index in [1.54, 1.807) is 24.3 Å². The zero-order valence-corrected chi connectivity index (χ0v) is 12.3. The summed E-state index contributed by atoms with van der Waals surface area (Å²) in [5.41, 5.74) is 0.467. The maximum atomic E-state index is 11.4. The Bertz CT molecular complexity index is 370. The largest absolute Gasteiger partial charge is 1.00 e. The second-order valence-corrected chi connectivity index (χ2v) is 3.70. The molecule has 0 aliphatic rings. The summed E-state index contributed by atoms with van der Waals surface area (Å²) in [4.78, 5) is 21.5. The Morgan fingerprint density at radius 3 is 2.47 bits per heavy atom. The Labute approximate surface area is 123 Å². The van der Waals surface area contributed by atoms with E-state index in [4.69, 9.17) is 0 Å². The van der Waals surface area contributed by atoms with Crippen LogP contribution < -0.4 is 40.0 Å². The first-order chi connectivity index (χ1) is 6.61. The van der Waals surface area contributed by atoms with Gasteiger partial charge < -0.3 is 15.2 Å². The average Bonchev–Trinajstić information content (AvgIpc) is 2.15. The minimum Gasteiger partial charge on any atom is -0.548 e. The first kappa shape index (κ1) is 14.9. The van der Waals surface area contributed by atoms with E-state index in [0.29, 0.717) is 5.56 Å². The molecule has 0 bridgehead atoms. The van der Waals surface area contributed by atoms with Gasteiger partial charge in [-0.1, -0.05) is 12.1 Å². The van der Waals surface area contributed by atoms with E-state index in [9.17, 15) is 14.7 Å². The monoisotopic (exact) mass is 323 g/mol. The molecular weight excluding hydrogens is 316 g/mol. The molecule has 4 nitrogen and oxygen atoms in total. The Morgan fingerprint density at radius 1 is 1.33 bits per heavy atom. The Morgan fingerprint density at radius 2 is 1.93 bits per heavy atom. The van der Waals surface area contributed by atoms with Gasteiger partial charge in [-0.2, -0.15) is 0 Å². The third-order valence-corrected chi connectivity index (χ3v) is 2.45. The van der Waals surface area contributed by atoms with Gasteiger partial charge in [-0.3, -0.25) is 4.79 Å². The molecule has 0 heterocycles. The first-order valence-electron chi connectivity index (χ1n) is 3.84. The van der Waals surface area contributed by atoms with E-state index in [2.05, 4.69) is 5.32 Å². The molecular formula is C9H7INNaO3. The van der Waals surface area contributed by atoms with Gasteiger partial charge in [0.25, 0.3) is 5.91 Å². The Hall–Kier alpha value is -0.110. The number of carboxylic acids is 1. The van der Waals surface area contributed by atoms with E-state index in [1.807, 2.05) is 22.6 Å². The van der Waals surface area contributed by atoms with Gasteiger partial charge in [-0.05, 0) is 34.7 Å². The molecule has 15 heavy (non-hydrogen) atoms. The summed E-state index contributed by atoms with van der Waals surface area (Å²) in [6.45, 7) is -0.468. The van der Waals surface area contributed by atoms with Crippen LogP contribution in [-0.4, -0.2) is 18.4 Å². The van der Waals surface area contributed by atoms with E-state index in [1.165, 1.54) is 0 Å². The van der Waals surface area contributed by atoms with Crippen LogP contribution in [0.3, 0.4) is 0 Å². The molecule has 0 fully saturated rings. The summed E-state index contributed by atoms with van der Waals surface area (Å²) < 4.78 is 0.779. The molecule has 0 atom stereocenters. The zero-order chi connectivity index (χ0) is 10.6. The van der Waals surface area contributed by atoms with Gasteiger partial charge >= 0.3 is 29.6 Å². The van der Waals surface area contributed by atoms with Crippen molar-refractivity contribution >= 4 is 34.5 Å². The van der Waals surface area contributed by atoms with Crippen molar-refractivity contribution in [1.82, 2.24) is 5.32 Å². The van der Waals surface area contributed by atoms with E-state index >= 15 is 0 Å². The van der Waals surface area contributed by atoms with Gasteiger partial charge in [-0.25, -0.2) is 0 Å². The van der Waals surface area contributed by atoms with Gasteiger partial charge in [0.05, 0.1) is 18.1 Å². The van der Waals surface area contributed by atoms with Crippen molar-refractivity contribution in [3.8, 4) is 0 Å². The van der Waals surface area contributed by atoms with Crippen molar-refractivity contribution in [2.75, 3.05) is 6.54 Å². The summed E-state index contributed by atoms with van der Waals surface area (Å²) in [5.74, 6) is -1.71. The number of carboxylic acid groups (broad SMARTS) is 1. The van der Waals surface area contributed by atoms with Crippen LogP contribution in [0.25, 0.3) is 0 Å². The molecule has 0 aliphatic carbocycles. The van der Waals surface area contributed by atoms with Crippen LogP contribution in [0.4, 0.5) is 0 Å². The summed E-state index contributed by atoms with van der Waals surface area (Å²) >= 11 is 2.01. The minimum absolute atomic E-state index is 0. The van der Waals surface area contributed by atoms with E-state index < -0.39 is 18.4 Å². The fraction of sp³-hybridized carbons (Fsp3) is 0.111. The van der Waals surface area contributed by atoms with Crippen LogP contribution in [0.15, 0.2) is 24.3 Å². The van der Waals surface area contributed by atoms with Gasteiger partial charge in [-0.15, -0.1) is 0 Å². The second-order valence-electron chi connectivity index (χ2n) is 2.53. The normalized spacial score (nSPS) is 8.87. The van der Waals surface area contributed by atoms with Crippen molar-refractivity contribution < 1.29 is 44.3 Å². The summed E-state index contributed by atoms with van der Waals surface area (Å²) in [6.07, 6.45) is 0. The van der Waals surface area contributed by atoms with Crippen LogP contribution in [-0.2, 0) is 4.79 Å². The number of benzene rings is 1. The molecule has 0 spiro atoms. The molecule has 1 N–H and O–H groups in total. The quantitative estimate of drug-likeness (QED) is 0.470. The van der Waals surface area contributed by atoms with Crippen molar-refractivity contribution in [1.29, 1.82) is 0 Å². The van der Waals surface area contributed by atoms with Gasteiger partial charge in [0.2, 0.25) is 0 Å². The molecule has 0 saturated heterocycles. The van der Waals surface area contributed by atoms with Gasteiger partial charge in [0.15, 0.2) is 0 Å². The number of aliphatic carboxylic acids is 1. The predicted molar refractivity (Wildman–Crippen MR) is 56.5 cm³/mol. The van der Waals surface area contributed by atoms with Crippen LogP contribution >= 0.6 is 22.6 Å². The van der Waals surface area contributed by atoms with Crippen LogP contribution in [0, 0.1) is 3.57 Å². The molecule has 1 rings (SSSR count). The SMILES string of the molecule is O=C([O-])CNC(=O)c1ccccc1[123I].[Na+].